The minimum Gasteiger partial charge on any atom is -0.358 e. The lowest BCUT2D eigenvalue weighted by atomic mass is 10.1. The highest BCUT2D eigenvalue weighted by Crippen LogP contribution is 2.25. The molecule has 3 aromatic heterocycles. The summed E-state index contributed by atoms with van der Waals surface area (Å²) in [6.07, 6.45) is 3.69. The van der Waals surface area contributed by atoms with Crippen LogP contribution in [0.2, 0.25) is 5.02 Å². The smallest absolute Gasteiger partial charge is 0.281 e. The molecule has 0 saturated carbocycles. The van der Waals surface area contributed by atoms with Crippen molar-refractivity contribution in [2.75, 3.05) is 24.4 Å². The predicted molar refractivity (Wildman–Crippen MR) is 109 cm³/mol. The summed E-state index contributed by atoms with van der Waals surface area (Å²) in [5.74, 6) is 1.17. The van der Waals surface area contributed by atoms with Gasteiger partial charge in [0.1, 0.15) is 11.8 Å². The SMILES string of the molecule is CCC(Nc1ncnc2nc[nH]c12)c1nc2cccc(Cl)c2c(=O)n1N(C)C. The molecule has 1 unspecified atom stereocenters. The summed E-state index contributed by atoms with van der Waals surface area (Å²) in [7, 11) is 3.58. The Kier molecular flexibility index (Phi) is 4.60. The second kappa shape index (κ2) is 7.08. The average molecular weight is 399 g/mol. The van der Waals surface area contributed by atoms with Crippen molar-refractivity contribution in [3.63, 3.8) is 0 Å². The van der Waals surface area contributed by atoms with Gasteiger partial charge in [-0.15, -0.1) is 0 Å². The maximum absolute atomic E-state index is 13.2. The van der Waals surface area contributed by atoms with E-state index >= 15 is 0 Å². The second-order valence-electron chi connectivity index (χ2n) is 6.50. The Morgan fingerprint density at radius 3 is 2.86 bits per heavy atom. The molecule has 0 aliphatic heterocycles. The maximum Gasteiger partial charge on any atom is 0.281 e. The van der Waals surface area contributed by atoms with E-state index in [0.29, 0.717) is 45.2 Å². The molecule has 0 bridgehead atoms. The first-order valence-electron chi connectivity index (χ1n) is 8.80. The Morgan fingerprint density at radius 2 is 2.11 bits per heavy atom. The van der Waals surface area contributed by atoms with Crippen LogP contribution >= 0.6 is 11.6 Å². The summed E-state index contributed by atoms with van der Waals surface area (Å²) < 4.78 is 1.53. The lowest BCUT2D eigenvalue weighted by Gasteiger charge is -2.26. The number of aromatic nitrogens is 6. The fraction of sp³-hybridized carbons (Fsp3) is 0.278. The van der Waals surface area contributed by atoms with Gasteiger partial charge in [-0.3, -0.25) is 4.79 Å². The van der Waals surface area contributed by atoms with Gasteiger partial charge in [0.25, 0.3) is 5.56 Å². The molecule has 3 heterocycles. The van der Waals surface area contributed by atoms with Crippen molar-refractivity contribution < 1.29 is 0 Å². The predicted octanol–water partition coefficient (Wildman–Crippen LogP) is 2.48. The van der Waals surface area contributed by atoms with Gasteiger partial charge >= 0.3 is 0 Å². The Balaban J connectivity index is 1.89. The third kappa shape index (κ3) is 2.93. The zero-order valence-electron chi connectivity index (χ0n) is 15.6. The number of halogens is 1. The number of hydrogen-bond acceptors (Lipinski definition) is 7. The number of anilines is 1. The minimum atomic E-state index is -0.278. The number of hydrogen-bond donors (Lipinski definition) is 2. The molecule has 0 aliphatic rings. The van der Waals surface area contributed by atoms with Gasteiger partial charge in [0.2, 0.25) is 0 Å². The normalized spacial score (nSPS) is 12.4. The first-order valence-corrected chi connectivity index (χ1v) is 9.18. The van der Waals surface area contributed by atoms with Gasteiger partial charge in [0, 0.05) is 14.1 Å². The molecule has 2 N–H and O–H groups in total. The first-order chi connectivity index (χ1) is 13.5. The zero-order valence-corrected chi connectivity index (χ0v) is 16.4. The molecule has 28 heavy (non-hydrogen) atoms. The fourth-order valence-electron chi connectivity index (χ4n) is 3.20. The van der Waals surface area contributed by atoms with Crippen LogP contribution in [0, 0.1) is 0 Å². The van der Waals surface area contributed by atoms with E-state index in [1.807, 2.05) is 6.92 Å². The van der Waals surface area contributed by atoms with E-state index in [2.05, 4.69) is 25.3 Å². The van der Waals surface area contributed by atoms with Crippen LogP contribution < -0.4 is 15.9 Å². The lowest BCUT2D eigenvalue weighted by Crippen LogP contribution is -2.41. The number of nitrogens with one attached hydrogen (secondary N) is 2. The quantitative estimate of drug-likeness (QED) is 0.532. The largest absolute Gasteiger partial charge is 0.358 e. The average Bonchev–Trinajstić information content (AvgIpc) is 3.15. The van der Waals surface area contributed by atoms with Crippen molar-refractivity contribution in [1.29, 1.82) is 0 Å². The van der Waals surface area contributed by atoms with Gasteiger partial charge in [-0.1, -0.05) is 24.6 Å². The summed E-state index contributed by atoms with van der Waals surface area (Å²) >= 11 is 6.27. The van der Waals surface area contributed by atoms with Gasteiger partial charge in [-0.2, -0.15) is 0 Å². The third-order valence-electron chi connectivity index (χ3n) is 4.50. The zero-order chi connectivity index (χ0) is 19.8. The minimum absolute atomic E-state index is 0.217. The molecular formula is C18H19ClN8O. The summed E-state index contributed by atoms with van der Waals surface area (Å²) in [5, 5.41) is 5.85. The maximum atomic E-state index is 13.2. The molecule has 0 aliphatic carbocycles. The number of rotatable bonds is 5. The Morgan fingerprint density at radius 1 is 1.29 bits per heavy atom. The summed E-state index contributed by atoms with van der Waals surface area (Å²) in [6.45, 7) is 2.01. The van der Waals surface area contributed by atoms with E-state index in [0.717, 1.165) is 0 Å². The van der Waals surface area contributed by atoms with Crippen molar-refractivity contribution in [3.8, 4) is 0 Å². The van der Waals surface area contributed by atoms with E-state index in [1.54, 1.807) is 43.6 Å². The van der Waals surface area contributed by atoms with Crippen LogP contribution in [0.1, 0.15) is 25.2 Å². The molecule has 4 aromatic rings. The molecule has 0 radical (unpaired) electrons. The molecule has 0 saturated heterocycles. The standard InChI is InChI=1S/C18H19ClN8O/c1-4-11(24-16-14-15(21-8-20-14)22-9-23-16)17-25-12-7-5-6-10(19)13(12)18(28)27(17)26(2)3/h5-9,11H,4H2,1-3H3,(H2,20,21,22,23,24). The number of nitrogens with zero attached hydrogens (tertiary/aromatic N) is 6. The lowest BCUT2D eigenvalue weighted by molar-refractivity contribution is 0.579. The van der Waals surface area contributed by atoms with Gasteiger partial charge in [0.15, 0.2) is 17.3 Å². The van der Waals surface area contributed by atoms with Gasteiger partial charge in [0.05, 0.1) is 28.3 Å². The topological polar surface area (TPSA) is 105 Å². The molecule has 1 atom stereocenters. The van der Waals surface area contributed by atoms with E-state index in [4.69, 9.17) is 16.6 Å². The first kappa shape index (κ1) is 18.2. The number of H-pyrrole nitrogens is 1. The molecule has 0 amide bonds. The molecule has 10 heteroatoms. The molecule has 1 aromatic carbocycles. The molecule has 0 spiro atoms. The highest BCUT2D eigenvalue weighted by Gasteiger charge is 2.22. The van der Waals surface area contributed by atoms with Gasteiger partial charge in [-0.05, 0) is 18.6 Å². The van der Waals surface area contributed by atoms with Gasteiger partial charge < -0.3 is 15.3 Å². The number of benzene rings is 1. The fourth-order valence-corrected chi connectivity index (χ4v) is 3.45. The van der Waals surface area contributed by atoms with Crippen molar-refractivity contribution in [2.24, 2.45) is 0 Å². The number of aromatic amines is 1. The van der Waals surface area contributed by atoms with Crippen LogP contribution in [0.4, 0.5) is 5.82 Å². The summed E-state index contributed by atoms with van der Waals surface area (Å²) in [6, 6.07) is 4.99. The van der Waals surface area contributed by atoms with Crippen LogP contribution in [0.15, 0.2) is 35.6 Å². The third-order valence-corrected chi connectivity index (χ3v) is 4.82. The van der Waals surface area contributed by atoms with Crippen LogP contribution in [0.3, 0.4) is 0 Å². The van der Waals surface area contributed by atoms with Crippen LogP contribution in [-0.2, 0) is 0 Å². The molecule has 144 valence electrons. The van der Waals surface area contributed by atoms with Crippen molar-refractivity contribution >= 4 is 39.5 Å². The Labute approximate surface area is 165 Å². The highest BCUT2D eigenvalue weighted by atomic mass is 35.5. The molecule has 4 rings (SSSR count). The van der Waals surface area contributed by atoms with Crippen molar-refractivity contribution in [2.45, 2.75) is 19.4 Å². The number of imidazole rings is 1. The summed E-state index contributed by atoms with van der Waals surface area (Å²) in [5.41, 5.74) is 1.60. The molecule has 0 fully saturated rings. The van der Waals surface area contributed by atoms with Crippen molar-refractivity contribution in [3.05, 3.63) is 52.1 Å². The van der Waals surface area contributed by atoms with E-state index in [1.165, 1.54) is 11.0 Å². The highest BCUT2D eigenvalue weighted by molar-refractivity contribution is 6.35. The second-order valence-corrected chi connectivity index (χ2v) is 6.90. The van der Waals surface area contributed by atoms with Crippen LogP contribution in [-0.4, -0.2) is 43.7 Å². The summed E-state index contributed by atoms with van der Waals surface area (Å²) in [4.78, 5) is 33.6. The van der Waals surface area contributed by atoms with Crippen LogP contribution in [0.25, 0.3) is 22.1 Å². The van der Waals surface area contributed by atoms with Crippen molar-refractivity contribution in [1.82, 2.24) is 29.6 Å². The molecule has 9 nitrogen and oxygen atoms in total. The molecular weight excluding hydrogens is 380 g/mol. The van der Waals surface area contributed by atoms with E-state index < -0.39 is 0 Å². The monoisotopic (exact) mass is 398 g/mol. The Bertz CT molecular complexity index is 1220. The number of fused-ring (bicyclic) bond motifs is 2. The van der Waals surface area contributed by atoms with E-state index in [-0.39, 0.29) is 11.6 Å². The van der Waals surface area contributed by atoms with Crippen LogP contribution in [0.5, 0.6) is 0 Å². The van der Waals surface area contributed by atoms with E-state index in [9.17, 15) is 4.79 Å². The van der Waals surface area contributed by atoms with Gasteiger partial charge in [-0.25, -0.2) is 24.6 Å². The Hall–Kier alpha value is -3.20.